The van der Waals surface area contributed by atoms with Crippen molar-refractivity contribution >= 4 is 0 Å². The lowest BCUT2D eigenvalue weighted by atomic mass is 9.93. The van der Waals surface area contributed by atoms with E-state index >= 15 is 0 Å². The van der Waals surface area contributed by atoms with Gasteiger partial charge in [0.25, 0.3) is 0 Å². The quantitative estimate of drug-likeness (QED) is 0.815. The van der Waals surface area contributed by atoms with Gasteiger partial charge in [-0.1, -0.05) is 25.7 Å². The maximum absolute atomic E-state index is 6.38. The largest absolute Gasteiger partial charge is 0.375 e. The van der Waals surface area contributed by atoms with Crippen LogP contribution in [-0.2, 0) is 18.4 Å². The van der Waals surface area contributed by atoms with E-state index in [9.17, 15) is 0 Å². The summed E-state index contributed by atoms with van der Waals surface area (Å²) in [5.74, 6) is 0. The van der Waals surface area contributed by atoms with Crippen molar-refractivity contribution in [1.29, 1.82) is 0 Å². The molecule has 1 heterocycles. The highest BCUT2D eigenvalue weighted by Gasteiger charge is 2.26. The molecular formula is C13H23N3O. The van der Waals surface area contributed by atoms with Crippen molar-refractivity contribution < 1.29 is 4.74 Å². The van der Waals surface area contributed by atoms with Crippen molar-refractivity contribution in [2.45, 2.75) is 50.7 Å². The van der Waals surface area contributed by atoms with Gasteiger partial charge in [0.15, 0.2) is 0 Å². The second kappa shape index (κ2) is 5.65. The molecule has 96 valence electrons. The van der Waals surface area contributed by atoms with Gasteiger partial charge in [-0.05, 0) is 12.8 Å². The summed E-state index contributed by atoms with van der Waals surface area (Å²) in [7, 11) is 1.92. The average Bonchev–Trinajstić information content (AvgIpc) is 2.58. The minimum absolute atomic E-state index is 0.0985. The molecule has 1 fully saturated rings. The molecule has 2 rings (SSSR count). The second-order valence-electron chi connectivity index (χ2n) is 5.29. The van der Waals surface area contributed by atoms with Crippen LogP contribution in [0.3, 0.4) is 0 Å². The van der Waals surface area contributed by atoms with E-state index in [2.05, 4.69) is 5.10 Å². The zero-order valence-corrected chi connectivity index (χ0v) is 10.7. The van der Waals surface area contributed by atoms with Crippen molar-refractivity contribution in [1.82, 2.24) is 9.78 Å². The molecule has 0 spiro atoms. The number of ether oxygens (including phenoxy) is 1. The fourth-order valence-electron chi connectivity index (χ4n) is 2.50. The van der Waals surface area contributed by atoms with Crippen molar-refractivity contribution in [3.63, 3.8) is 0 Å². The van der Waals surface area contributed by atoms with Crippen LogP contribution in [0.15, 0.2) is 12.4 Å². The summed E-state index contributed by atoms with van der Waals surface area (Å²) in [6.07, 6.45) is 11.1. The molecule has 0 amide bonds. The Kier molecular flexibility index (Phi) is 4.18. The zero-order chi connectivity index (χ0) is 12.1. The predicted octanol–water partition coefficient (Wildman–Crippen LogP) is 1.99. The summed E-state index contributed by atoms with van der Waals surface area (Å²) in [6.45, 7) is 1.29. The van der Waals surface area contributed by atoms with Crippen molar-refractivity contribution in [2.75, 3.05) is 6.61 Å². The standard InChI is InChI=1S/C13H23N3O/c1-16-9-12(8-15-16)10-17-11-13(14)6-4-2-3-5-7-13/h8-9H,2-7,10-11,14H2,1H3. The molecule has 2 N–H and O–H groups in total. The lowest BCUT2D eigenvalue weighted by molar-refractivity contribution is 0.0667. The van der Waals surface area contributed by atoms with E-state index in [0.29, 0.717) is 13.2 Å². The van der Waals surface area contributed by atoms with Gasteiger partial charge in [0, 0.05) is 24.3 Å². The second-order valence-corrected chi connectivity index (χ2v) is 5.29. The maximum Gasteiger partial charge on any atom is 0.0748 e. The van der Waals surface area contributed by atoms with E-state index in [4.69, 9.17) is 10.5 Å². The monoisotopic (exact) mass is 237 g/mol. The number of hydrogen-bond acceptors (Lipinski definition) is 3. The molecule has 1 aromatic rings. The number of nitrogens with zero attached hydrogens (tertiary/aromatic N) is 2. The van der Waals surface area contributed by atoms with Gasteiger partial charge in [-0.3, -0.25) is 4.68 Å². The summed E-state index contributed by atoms with van der Waals surface area (Å²) in [5.41, 5.74) is 7.40. The van der Waals surface area contributed by atoms with Gasteiger partial charge in [0.05, 0.1) is 19.4 Å². The topological polar surface area (TPSA) is 53.1 Å². The SMILES string of the molecule is Cn1cc(COCC2(N)CCCCCC2)cn1. The van der Waals surface area contributed by atoms with Gasteiger partial charge < -0.3 is 10.5 Å². The van der Waals surface area contributed by atoms with Gasteiger partial charge >= 0.3 is 0 Å². The van der Waals surface area contributed by atoms with Crippen LogP contribution in [0.4, 0.5) is 0 Å². The molecule has 0 radical (unpaired) electrons. The molecule has 1 aromatic heterocycles. The lowest BCUT2D eigenvalue weighted by Crippen LogP contribution is -2.43. The molecule has 0 aliphatic heterocycles. The normalized spacial score (nSPS) is 20.1. The number of aryl methyl sites for hydroxylation is 1. The molecule has 1 saturated carbocycles. The van der Waals surface area contributed by atoms with Crippen LogP contribution in [0.25, 0.3) is 0 Å². The number of rotatable bonds is 4. The highest BCUT2D eigenvalue weighted by Crippen LogP contribution is 2.25. The van der Waals surface area contributed by atoms with Gasteiger partial charge in [-0.25, -0.2) is 0 Å². The Morgan fingerprint density at radius 3 is 2.65 bits per heavy atom. The van der Waals surface area contributed by atoms with E-state index < -0.39 is 0 Å². The van der Waals surface area contributed by atoms with Crippen LogP contribution >= 0.6 is 0 Å². The van der Waals surface area contributed by atoms with Crippen LogP contribution < -0.4 is 5.73 Å². The number of aromatic nitrogens is 2. The molecule has 4 heteroatoms. The first-order valence-corrected chi connectivity index (χ1v) is 6.52. The zero-order valence-electron chi connectivity index (χ0n) is 10.7. The van der Waals surface area contributed by atoms with E-state index in [1.54, 1.807) is 4.68 Å². The Morgan fingerprint density at radius 2 is 2.06 bits per heavy atom. The van der Waals surface area contributed by atoms with Crippen molar-refractivity contribution in [3.8, 4) is 0 Å². The molecule has 0 bridgehead atoms. The fourth-order valence-corrected chi connectivity index (χ4v) is 2.50. The fraction of sp³-hybridized carbons (Fsp3) is 0.769. The van der Waals surface area contributed by atoms with E-state index in [-0.39, 0.29) is 5.54 Å². The molecular weight excluding hydrogens is 214 g/mol. The minimum Gasteiger partial charge on any atom is -0.375 e. The third kappa shape index (κ3) is 3.82. The first-order chi connectivity index (χ1) is 8.18. The Bertz CT molecular complexity index is 340. The van der Waals surface area contributed by atoms with Gasteiger partial charge in [0.1, 0.15) is 0 Å². The molecule has 1 aliphatic rings. The molecule has 0 atom stereocenters. The van der Waals surface area contributed by atoms with Gasteiger partial charge in [-0.2, -0.15) is 5.10 Å². The van der Waals surface area contributed by atoms with E-state index in [1.807, 2.05) is 19.4 Å². The van der Waals surface area contributed by atoms with Gasteiger partial charge in [0.2, 0.25) is 0 Å². The van der Waals surface area contributed by atoms with Crippen LogP contribution in [0.1, 0.15) is 44.1 Å². The van der Waals surface area contributed by atoms with Crippen LogP contribution in [0.2, 0.25) is 0 Å². The summed E-state index contributed by atoms with van der Waals surface area (Å²) >= 11 is 0. The Balaban J connectivity index is 1.76. The Hall–Kier alpha value is -0.870. The average molecular weight is 237 g/mol. The molecule has 4 nitrogen and oxygen atoms in total. The minimum atomic E-state index is -0.0985. The van der Waals surface area contributed by atoms with Crippen molar-refractivity contribution in [3.05, 3.63) is 18.0 Å². The smallest absolute Gasteiger partial charge is 0.0748 e. The summed E-state index contributed by atoms with van der Waals surface area (Å²) in [6, 6.07) is 0. The molecule has 17 heavy (non-hydrogen) atoms. The highest BCUT2D eigenvalue weighted by atomic mass is 16.5. The number of hydrogen-bond donors (Lipinski definition) is 1. The third-order valence-corrected chi connectivity index (χ3v) is 3.52. The predicted molar refractivity (Wildman–Crippen MR) is 67.5 cm³/mol. The van der Waals surface area contributed by atoms with E-state index in [1.165, 1.54) is 25.7 Å². The highest BCUT2D eigenvalue weighted by molar-refractivity contribution is 5.01. The van der Waals surface area contributed by atoms with E-state index in [0.717, 1.165) is 18.4 Å². The first-order valence-electron chi connectivity index (χ1n) is 6.52. The Labute approximate surface area is 103 Å². The summed E-state index contributed by atoms with van der Waals surface area (Å²) in [5, 5.41) is 4.12. The molecule has 0 unspecified atom stereocenters. The number of nitrogens with two attached hydrogens (primary N) is 1. The molecule has 0 saturated heterocycles. The molecule has 1 aliphatic carbocycles. The lowest BCUT2D eigenvalue weighted by Gasteiger charge is -2.27. The van der Waals surface area contributed by atoms with Crippen LogP contribution in [0, 0.1) is 0 Å². The van der Waals surface area contributed by atoms with Gasteiger partial charge in [-0.15, -0.1) is 0 Å². The summed E-state index contributed by atoms with van der Waals surface area (Å²) in [4.78, 5) is 0. The summed E-state index contributed by atoms with van der Waals surface area (Å²) < 4.78 is 7.55. The maximum atomic E-state index is 6.38. The third-order valence-electron chi connectivity index (χ3n) is 3.52. The first kappa shape index (κ1) is 12.6. The van der Waals surface area contributed by atoms with Crippen LogP contribution in [-0.4, -0.2) is 21.9 Å². The van der Waals surface area contributed by atoms with Crippen LogP contribution in [0.5, 0.6) is 0 Å². The Morgan fingerprint density at radius 1 is 1.35 bits per heavy atom. The van der Waals surface area contributed by atoms with Crippen molar-refractivity contribution in [2.24, 2.45) is 12.8 Å². The molecule has 0 aromatic carbocycles.